The highest BCUT2D eigenvalue weighted by Crippen LogP contribution is 2.14. The van der Waals surface area contributed by atoms with Crippen molar-refractivity contribution in [2.24, 2.45) is 0 Å². The molecule has 0 atom stereocenters. The molecule has 2 rings (SSSR count). The number of hydrogen-bond acceptors (Lipinski definition) is 4. The first kappa shape index (κ1) is 16.2. The molecule has 0 fully saturated rings. The summed E-state index contributed by atoms with van der Waals surface area (Å²) in [6, 6.07) is 13.5. The molecule has 0 saturated carbocycles. The van der Waals surface area contributed by atoms with E-state index in [0.29, 0.717) is 11.3 Å². The second-order valence-corrected chi connectivity index (χ2v) is 6.62. The molecule has 0 aromatic heterocycles. The van der Waals surface area contributed by atoms with Crippen molar-refractivity contribution in [1.82, 2.24) is 4.72 Å². The number of aryl methyl sites for hydroxylation is 2. The van der Waals surface area contributed by atoms with Crippen LogP contribution >= 0.6 is 0 Å². The molecule has 0 aliphatic carbocycles. The lowest BCUT2D eigenvalue weighted by atomic mass is 10.2. The predicted molar refractivity (Wildman–Crippen MR) is 83.2 cm³/mol. The average molecular weight is 319 g/mol. The fourth-order valence-electron chi connectivity index (χ4n) is 1.94. The third-order valence-corrected chi connectivity index (χ3v) is 4.57. The van der Waals surface area contributed by atoms with E-state index in [4.69, 9.17) is 4.74 Å². The minimum Gasteiger partial charge on any atom is -0.426 e. The van der Waals surface area contributed by atoms with Gasteiger partial charge in [-0.2, -0.15) is 4.72 Å². The van der Waals surface area contributed by atoms with Gasteiger partial charge in [-0.25, -0.2) is 8.42 Å². The van der Waals surface area contributed by atoms with Crippen molar-refractivity contribution >= 4 is 16.0 Å². The van der Waals surface area contributed by atoms with Crippen molar-refractivity contribution in [2.75, 3.05) is 6.54 Å². The molecule has 0 unspecified atom stereocenters. The van der Waals surface area contributed by atoms with Crippen LogP contribution in [0.1, 0.15) is 11.1 Å². The Morgan fingerprint density at radius 3 is 2.50 bits per heavy atom. The molecule has 0 heterocycles. The zero-order valence-electron chi connectivity index (χ0n) is 12.4. The van der Waals surface area contributed by atoms with E-state index in [0.717, 1.165) is 5.56 Å². The molecule has 0 amide bonds. The van der Waals surface area contributed by atoms with Crippen molar-refractivity contribution in [3.8, 4) is 5.75 Å². The van der Waals surface area contributed by atoms with Gasteiger partial charge in [0.1, 0.15) is 12.3 Å². The van der Waals surface area contributed by atoms with Crippen LogP contribution in [0.3, 0.4) is 0 Å². The summed E-state index contributed by atoms with van der Waals surface area (Å²) < 4.78 is 31.6. The molecule has 6 heteroatoms. The van der Waals surface area contributed by atoms with E-state index in [1.165, 1.54) is 6.07 Å². The fraction of sp³-hybridized carbons (Fsp3) is 0.188. The van der Waals surface area contributed by atoms with E-state index in [2.05, 4.69) is 4.72 Å². The molecule has 0 saturated heterocycles. The number of hydrogen-bond donors (Lipinski definition) is 1. The molecule has 5 nitrogen and oxygen atoms in total. The van der Waals surface area contributed by atoms with Gasteiger partial charge in [0.2, 0.25) is 10.0 Å². The summed E-state index contributed by atoms with van der Waals surface area (Å²) in [5.41, 5.74) is 1.56. The van der Waals surface area contributed by atoms with Crippen LogP contribution in [0.2, 0.25) is 0 Å². The molecular formula is C16H17NO4S. The van der Waals surface area contributed by atoms with Gasteiger partial charge in [-0.3, -0.25) is 4.79 Å². The molecule has 116 valence electrons. The van der Waals surface area contributed by atoms with Crippen molar-refractivity contribution in [2.45, 2.75) is 18.7 Å². The zero-order valence-corrected chi connectivity index (χ0v) is 13.2. The van der Waals surface area contributed by atoms with Gasteiger partial charge in [-0.1, -0.05) is 30.3 Å². The Hall–Kier alpha value is -2.18. The second-order valence-electron chi connectivity index (χ2n) is 4.88. The summed E-state index contributed by atoms with van der Waals surface area (Å²) in [4.78, 5) is 11.9. The number of benzene rings is 2. The monoisotopic (exact) mass is 319 g/mol. The molecule has 0 aliphatic rings. The van der Waals surface area contributed by atoms with Gasteiger partial charge in [-0.15, -0.1) is 0 Å². The highest BCUT2D eigenvalue weighted by atomic mass is 32.2. The van der Waals surface area contributed by atoms with Crippen LogP contribution in [0.5, 0.6) is 5.75 Å². The summed E-state index contributed by atoms with van der Waals surface area (Å²) in [6.07, 6.45) is 0. The van der Waals surface area contributed by atoms with Crippen LogP contribution in [0.15, 0.2) is 53.4 Å². The molecule has 1 N–H and O–H groups in total. The van der Waals surface area contributed by atoms with Gasteiger partial charge in [0, 0.05) is 0 Å². The Morgan fingerprint density at radius 2 is 1.82 bits per heavy atom. The third-order valence-electron chi connectivity index (χ3n) is 3.01. The molecule has 2 aromatic rings. The number of rotatable bonds is 5. The SMILES string of the molecule is Cc1cccc(OC(=O)CNS(=O)(=O)c2ccccc2C)c1. The topological polar surface area (TPSA) is 72.5 Å². The summed E-state index contributed by atoms with van der Waals surface area (Å²) in [5, 5.41) is 0. The fourth-order valence-corrected chi connectivity index (χ4v) is 3.15. The zero-order chi connectivity index (χ0) is 16.2. The van der Waals surface area contributed by atoms with E-state index >= 15 is 0 Å². The third kappa shape index (κ3) is 4.16. The smallest absolute Gasteiger partial charge is 0.326 e. The van der Waals surface area contributed by atoms with Gasteiger partial charge in [-0.05, 0) is 43.2 Å². The number of carbonyl (C=O) groups is 1. The Balaban J connectivity index is 2.00. The second kappa shape index (κ2) is 6.72. The normalized spacial score (nSPS) is 11.2. The van der Waals surface area contributed by atoms with Gasteiger partial charge < -0.3 is 4.74 Å². The largest absolute Gasteiger partial charge is 0.426 e. The molecule has 0 radical (unpaired) electrons. The molecule has 0 aliphatic heterocycles. The Kier molecular flexibility index (Phi) is 4.95. The summed E-state index contributed by atoms with van der Waals surface area (Å²) in [6.45, 7) is 3.14. The summed E-state index contributed by atoms with van der Waals surface area (Å²) in [7, 11) is -3.74. The molecule has 2 aromatic carbocycles. The molecule has 0 spiro atoms. The number of nitrogens with one attached hydrogen (secondary N) is 1. The van der Waals surface area contributed by atoms with E-state index in [1.807, 2.05) is 13.0 Å². The van der Waals surface area contributed by atoms with E-state index in [-0.39, 0.29) is 4.90 Å². The summed E-state index contributed by atoms with van der Waals surface area (Å²) in [5.74, 6) is -0.275. The predicted octanol–water partition coefficient (Wildman–Crippen LogP) is 2.19. The average Bonchev–Trinajstić information content (AvgIpc) is 2.45. The van der Waals surface area contributed by atoms with Crippen LogP contribution in [0.4, 0.5) is 0 Å². The standard InChI is InChI=1S/C16H17NO4S/c1-12-6-5-8-14(10-12)21-16(18)11-17-22(19,20)15-9-4-3-7-13(15)2/h3-10,17H,11H2,1-2H3. The van der Waals surface area contributed by atoms with E-state index < -0.39 is 22.5 Å². The Morgan fingerprint density at radius 1 is 1.09 bits per heavy atom. The summed E-state index contributed by atoms with van der Waals surface area (Å²) >= 11 is 0. The first-order valence-electron chi connectivity index (χ1n) is 6.71. The van der Waals surface area contributed by atoms with Gasteiger partial charge >= 0.3 is 5.97 Å². The van der Waals surface area contributed by atoms with Gasteiger partial charge in [0.05, 0.1) is 4.90 Å². The Bertz CT molecular complexity index is 784. The molecular weight excluding hydrogens is 302 g/mol. The van der Waals surface area contributed by atoms with Crippen molar-refractivity contribution < 1.29 is 17.9 Å². The maximum atomic E-state index is 12.1. The number of carbonyl (C=O) groups excluding carboxylic acids is 1. The number of esters is 1. The number of ether oxygens (including phenoxy) is 1. The van der Waals surface area contributed by atoms with Crippen LogP contribution in [-0.2, 0) is 14.8 Å². The maximum absolute atomic E-state index is 12.1. The van der Waals surface area contributed by atoms with Crippen molar-refractivity contribution in [3.63, 3.8) is 0 Å². The first-order valence-corrected chi connectivity index (χ1v) is 8.19. The van der Waals surface area contributed by atoms with Crippen LogP contribution in [-0.4, -0.2) is 20.9 Å². The lowest BCUT2D eigenvalue weighted by molar-refractivity contribution is -0.133. The van der Waals surface area contributed by atoms with Gasteiger partial charge in [0.25, 0.3) is 0 Å². The molecule has 0 bridgehead atoms. The van der Waals surface area contributed by atoms with E-state index in [1.54, 1.807) is 43.3 Å². The molecule has 22 heavy (non-hydrogen) atoms. The van der Waals surface area contributed by atoms with Crippen LogP contribution in [0.25, 0.3) is 0 Å². The number of sulfonamides is 1. The first-order chi connectivity index (χ1) is 10.4. The van der Waals surface area contributed by atoms with E-state index in [9.17, 15) is 13.2 Å². The highest BCUT2D eigenvalue weighted by molar-refractivity contribution is 7.89. The van der Waals surface area contributed by atoms with Crippen LogP contribution in [0, 0.1) is 13.8 Å². The van der Waals surface area contributed by atoms with Gasteiger partial charge in [0.15, 0.2) is 0 Å². The van der Waals surface area contributed by atoms with Crippen LogP contribution < -0.4 is 9.46 Å². The minimum atomic E-state index is -3.74. The maximum Gasteiger partial charge on any atom is 0.326 e. The highest BCUT2D eigenvalue weighted by Gasteiger charge is 2.18. The van der Waals surface area contributed by atoms with Crippen molar-refractivity contribution in [3.05, 3.63) is 59.7 Å². The Labute approximate surface area is 130 Å². The lowest BCUT2D eigenvalue weighted by Crippen LogP contribution is -2.32. The lowest BCUT2D eigenvalue weighted by Gasteiger charge is -2.09. The minimum absolute atomic E-state index is 0.151. The quantitative estimate of drug-likeness (QED) is 0.677. The van der Waals surface area contributed by atoms with Crippen molar-refractivity contribution in [1.29, 1.82) is 0 Å².